The molecule has 1 aliphatic rings. The van der Waals surface area contributed by atoms with Crippen LogP contribution in [0.3, 0.4) is 0 Å². The number of aromatic hydroxyl groups is 1. The van der Waals surface area contributed by atoms with E-state index in [1.54, 1.807) is 0 Å². The Kier molecular flexibility index (Phi) is 4.74. The van der Waals surface area contributed by atoms with Gasteiger partial charge in [-0.1, -0.05) is 12.1 Å². The van der Waals surface area contributed by atoms with Crippen molar-refractivity contribution in [2.75, 3.05) is 4.90 Å². The second-order valence-corrected chi connectivity index (χ2v) is 6.30. The number of nitro groups is 1. The van der Waals surface area contributed by atoms with Gasteiger partial charge in [0.1, 0.15) is 11.3 Å². The van der Waals surface area contributed by atoms with Gasteiger partial charge in [0, 0.05) is 12.1 Å². The second kappa shape index (κ2) is 7.00. The Labute approximate surface area is 160 Å². The number of nitro benzene ring substituents is 1. The minimum atomic E-state index is -1.01. The van der Waals surface area contributed by atoms with Gasteiger partial charge in [0.25, 0.3) is 17.5 Å². The molecule has 2 N–H and O–H groups in total. The van der Waals surface area contributed by atoms with Crippen LogP contribution in [-0.2, 0) is 9.59 Å². The zero-order valence-corrected chi connectivity index (χ0v) is 15.0. The highest BCUT2D eigenvalue weighted by Crippen LogP contribution is 2.28. The van der Waals surface area contributed by atoms with Crippen molar-refractivity contribution in [3.05, 3.63) is 68.2 Å². The Morgan fingerprint density at radius 1 is 1.15 bits per heavy atom. The van der Waals surface area contributed by atoms with Crippen molar-refractivity contribution in [3.8, 4) is 5.75 Å². The number of benzene rings is 2. The van der Waals surface area contributed by atoms with Crippen LogP contribution in [0.25, 0.3) is 6.08 Å². The van der Waals surface area contributed by atoms with E-state index in [2.05, 4.69) is 15.9 Å². The molecule has 0 radical (unpaired) electrons. The van der Waals surface area contributed by atoms with Crippen molar-refractivity contribution < 1.29 is 24.4 Å². The fourth-order valence-corrected chi connectivity index (χ4v) is 2.81. The van der Waals surface area contributed by atoms with Crippen LogP contribution < -0.4 is 10.2 Å². The topological polar surface area (TPSA) is 130 Å². The number of phenolic OH excluding ortho intramolecular Hbond substituents is 1. The lowest BCUT2D eigenvalue weighted by Gasteiger charge is -2.26. The Balaban J connectivity index is 2.03. The van der Waals surface area contributed by atoms with Gasteiger partial charge in [-0.2, -0.15) is 0 Å². The van der Waals surface area contributed by atoms with E-state index in [9.17, 15) is 29.6 Å². The summed E-state index contributed by atoms with van der Waals surface area (Å²) >= 11 is 3.13. The van der Waals surface area contributed by atoms with Crippen molar-refractivity contribution in [2.24, 2.45) is 0 Å². The van der Waals surface area contributed by atoms with Gasteiger partial charge in [-0.3, -0.25) is 25.0 Å². The number of imide groups is 2. The molecule has 3 rings (SSSR count). The highest BCUT2D eigenvalue weighted by Gasteiger charge is 2.37. The van der Waals surface area contributed by atoms with E-state index in [1.165, 1.54) is 42.5 Å². The lowest BCUT2D eigenvalue weighted by Crippen LogP contribution is -2.54. The minimum absolute atomic E-state index is 0.0232. The number of rotatable bonds is 3. The number of nitrogens with one attached hydrogen (secondary N) is 1. The third kappa shape index (κ3) is 3.55. The monoisotopic (exact) mass is 431 g/mol. The number of halogens is 1. The fourth-order valence-electron chi connectivity index (χ4n) is 2.42. The van der Waals surface area contributed by atoms with Gasteiger partial charge in [0.2, 0.25) is 0 Å². The first-order chi connectivity index (χ1) is 12.8. The zero-order valence-electron chi connectivity index (χ0n) is 13.4. The number of non-ortho nitro benzene ring substituents is 1. The molecule has 0 bridgehead atoms. The molecule has 2 aromatic carbocycles. The van der Waals surface area contributed by atoms with Crippen LogP contribution in [0.2, 0.25) is 0 Å². The summed E-state index contributed by atoms with van der Waals surface area (Å²) < 4.78 is 0.354. The van der Waals surface area contributed by atoms with Gasteiger partial charge in [-0.15, -0.1) is 0 Å². The maximum atomic E-state index is 12.7. The molecule has 0 unspecified atom stereocenters. The van der Waals surface area contributed by atoms with Crippen molar-refractivity contribution in [3.63, 3.8) is 0 Å². The number of nitrogens with zero attached hydrogens (tertiary/aromatic N) is 2. The molecule has 2 aromatic rings. The molecule has 10 heteroatoms. The summed E-state index contributed by atoms with van der Waals surface area (Å²) in [5, 5.41) is 22.5. The number of phenols is 1. The maximum Gasteiger partial charge on any atom is 0.335 e. The van der Waals surface area contributed by atoms with Crippen molar-refractivity contribution >= 4 is 51.2 Å². The van der Waals surface area contributed by atoms with E-state index >= 15 is 0 Å². The van der Waals surface area contributed by atoms with E-state index in [-0.39, 0.29) is 22.7 Å². The van der Waals surface area contributed by atoms with Crippen LogP contribution in [0.1, 0.15) is 5.56 Å². The number of hydrogen-bond acceptors (Lipinski definition) is 6. The standard InChI is InChI=1S/C17H10BrN3O6/c18-13-7-9(4-5-14(13)22)6-12-15(23)19-17(25)20(16(12)24)10-2-1-3-11(8-10)21(26)27/h1-8,22H,(H,19,23,25)/b12-6+. The van der Waals surface area contributed by atoms with Gasteiger partial charge in [-0.25, -0.2) is 9.69 Å². The van der Waals surface area contributed by atoms with Gasteiger partial charge < -0.3 is 5.11 Å². The molecule has 1 aliphatic heterocycles. The number of urea groups is 1. The Bertz CT molecular complexity index is 1030. The molecule has 136 valence electrons. The minimum Gasteiger partial charge on any atom is -0.507 e. The highest BCUT2D eigenvalue weighted by molar-refractivity contribution is 9.10. The van der Waals surface area contributed by atoms with E-state index < -0.39 is 22.8 Å². The molecule has 0 spiro atoms. The Morgan fingerprint density at radius 3 is 2.56 bits per heavy atom. The second-order valence-electron chi connectivity index (χ2n) is 5.45. The van der Waals surface area contributed by atoms with Crippen molar-refractivity contribution in [1.82, 2.24) is 5.32 Å². The first-order valence-electron chi connectivity index (χ1n) is 7.42. The predicted octanol–water partition coefficient (Wildman–Crippen LogP) is 2.73. The fraction of sp³-hybridized carbons (Fsp3) is 0. The molecule has 1 heterocycles. The predicted molar refractivity (Wildman–Crippen MR) is 97.9 cm³/mol. The lowest BCUT2D eigenvalue weighted by atomic mass is 10.1. The van der Waals surface area contributed by atoms with Gasteiger partial charge in [0.05, 0.1) is 15.1 Å². The van der Waals surface area contributed by atoms with Crippen LogP contribution in [-0.4, -0.2) is 27.9 Å². The molecular weight excluding hydrogens is 422 g/mol. The molecule has 0 aliphatic carbocycles. The first-order valence-corrected chi connectivity index (χ1v) is 8.21. The van der Waals surface area contributed by atoms with E-state index in [4.69, 9.17) is 0 Å². The molecule has 1 saturated heterocycles. The quantitative estimate of drug-likeness (QED) is 0.332. The summed E-state index contributed by atoms with van der Waals surface area (Å²) in [6, 6.07) is 8.26. The molecule has 4 amide bonds. The van der Waals surface area contributed by atoms with E-state index in [1.807, 2.05) is 5.32 Å². The maximum absolute atomic E-state index is 12.7. The summed E-state index contributed by atoms with van der Waals surface area (Å²) in [5.41, 5.74) is -0.264. The average molecular weight is 432 g/mol. The normalized spacial score (nSPS) is 15.8. The van der Waals surface area contributed by atoms with Crippen LogP contribution in [0.15, 0.2) is 52.5 Å². The number of hydrogen-bond donors (Lipinski definition) is 2. The zero-order chi connectivity index (χ0) is 19.7. The molecule has 0 saturated carbocycles. The molecule has 27 heavy (non-hydrogen) atoms. The van der Waals surface area contributed by atoms with Crippen LogP contribution in [0, 0.1) is 10.1 Å². The lowest BCUT2D eigenvalue weighted by molar-refractivity contribution is -0.384. The van der Waals surface area contributed by atoms with Crippen molar-refractivity contribution in [1.29, 1.82) is 0 Å². The summed E-state index contributed by atoms with van der Waals surface area (Å²) in [7, 11) is 0. The molecular formula is C17H10BrN3O6. The third-order valence-corrected chi connectivity index (χ3v) is 4.32. The smallest absolute Gasteiger partial charge is 0.335 e. The van der Waals surface area contributed by atoms with Gasteiger partial charge in [-0.05, 0) is 45.8 Å². The summed E-state index contributed by atoms with van der Waals surface area (Å²) in [6.07, 6.45) is 1.25. The third-order valence-electron chi connectivity index (χ3n) is 3.68. The summed E-state index contributed by atoms with van der Waals surface area (Å²) in [6.45, 7) is 0. The van der Waals surface area contributed by atoms with Crippen molar-refractivity contribution in [2.45, 2.75) is 0 Å². The average Bonchev–Trinajstić information content (AvgIpc) is 2.61. The van der Waals surface area contributed by atoms with E-state index in [0.29, 0.717) is 14.9 Å². The number of anilines is 1. The van der Waals surface area contributed by atoms with Crippen LogP contribution in [0.4, 0.5) is 16.2 Å². The van der Waals surface area contributed by atoms with Gasteiger partial charge in [0.15, 0.2) is 0 Å². The number of carbonyl (C=O) groups is 3. The van der Waals surface area contributed by atoms with Crippen LogP contribution in [0.5, 0.6) is 5.75 Å². The summed E-state index contributed by atoms with van der Waals surface area (Å²) in [5.74, 6) is -1.84. The molecule has 9 nitrogen and oxygen atoms in total. The SMILES string of the molecule is O=C1NC(=O)N(c2cccc([N+](=O)[O-])c2)C(=O)/C1=C/c1ccc(O)c(Br)c1. The number of carbonyl (C=O) groups excluding carboxylic acids is 3. The summed E-state index contributed by atoms with van der Waals surface area (Å²) in [4.78, 5) is 47.9. The first kappa shape index (κ1) is 18.3. The Hall–Kier alpha value is -3.53. The highest BCUT2D eigenvalue weighted by atomic mass is 79.9. The molecule has 1 fully saturated rings. The molecule has 0 atom stereocenters. The van der Waals surface area contributed by atoms with Gasteiger partial charge >= 0.3 is 6.03 Å². The number of barbiturate groups is 1. The van der Waals surface area contributed by atoms with E-state index in [0.717, 1.165) is 6.07 Å². The molecule has 0 aromatic heterocycles. The Morgan fingerprint density at radius 2 is 1.89 bits per heavy atom. The van der Waals surface area contributed by atoms with Crippen LogP contribution >= 0.6 is 15.9 Å². The largest absolute Gasteiger partial charge is 0.507 e. The number of amides is 4.